The van der Waals surface area contributed by atoms with Gasteiger partial charge in [-0.1, -0.05) is 6.07 Å². The van der Waals surface area contributed by atoms with Crippen molar-refractivity contribution in [2.45, 2.75) is 11.6 Å². The number of anilines is 1. The predicted octanol–water partition coefficient (Wildman–Crippen LogP) is 1.23. The number of pyridine rings is 1. The molecule has 2 aromatic heterocycles. The van der Waals surface area contributed by atoms with E-state index in [4.69, 9.17) is 4.74 Å². The van der Waals surface area contributed by atoms with E-state index in [0.717, 1.165) is 5.56 Å². The van der Waals surface area contributed by atoms with Crippen molar-refractivity contribution in [1.29, 1.82) is 0 Å². The van der Waals surface area contributed by atoms with Crippen LogP contribution in [-0.2, 0) is 17.3 Å². The molecule has 0 saturated carbocycles. The van der Waals surface area contributed by atoms with Gasteiger partial charge in [-0.15, -0.1) is 0 Å². The molecule has 0 aromatic carbocycles. The zero-order valence-electron chi connectivity index (χ0n) is 10.7. The molecule has 0 fully saturated rings. The molecule has 7 heteroatoms. The minimum Gasteiger partial charge on any atom is -0.480 e. The maximum Gasteiger partial charge on any atom is 0.233 e. The van der Waals surface area contributed by atoms with Crippen molar-refractivity contribution < 1.29 is 8.95 Å². The minimum atomic E-state index is -1.05. The largest absolute Gasteiger partial charge is 0.480 e. The van der Waals surface area contributed by atoms with Crippen LogP contribution < -0.4 is 10.1 Å². The van der Waals surface area contributed by atoms with E-state index in [1.807, 2.05) is 6.07 Å². The van der Waals surface area contributed by atoms with Gasteiger partial charge in [0.2, 0.25) is 5.88 Å². The van der Waals surface area contributed by atoms with Crippen molar-refractivity contribution in [3.8, 4) is 5.88 Å². The molecule has 2 heterocycles. The van der Waals surface area contributed by atoms with Crippen molar-refractivity contribution in [2.24, 2.45) is 0 Å². The summed E-state index contributed by atoms with van der Waals surface area (Å²) in [7, 11) is 0.491. The van der Waals surface area contributed by atoms with Gasteiger partial charge in [0, 0.05) is 19.0 Å². The van der Waals surface area contributed by atoms with Crippen molar-refractivity contribution in [2.75, 3.05) is 18.7 Å². The lowest BCUT2D eigenvalue weighted by atomic mass is 10.3. The number of methoxy groups -OCH3 is 1. The van der Waals surface area contributed by atoms with Gasteiger partial charge in [-0.3, -0.25) is 9.19 Å². The van der Waals surface area contributed by atoms with Gasteiger partial charge in [0.1, 0.15) is 10.8 Å². The van der Waals surface area contributed by atoms with Crippen LogP contribution in [0.2, 0.25) is 0 Å². The fourth-order valence-electron chi connectivity index (χ4n) is 1.41. The maximum atomic E-state index is 11.2. The Morgan fingerprint density at radius 2 is 2.16 bits per heavy atom. The second-order valence-electron chi connectivity index (χ2n) is 3.76. The van der Waals surface area contributed by atoms with Gasteiger partial charge in [-0.2, -0.15) is 4.98 Å². The summed E-state index contributed by atoms with van der Waals surface area (Å²) >= 11 is 0. The van der Waals surface area contributed by atoms with E-state index in [1.165, 1.54) is 6.20 Å². The Hall–Kier alpha value is -2.02. The average molecular weight is 278 g/mol. The molecular weight excluding hydrogens is 264 g/mol. The van der Waals surface area contributed by atoms with Crippen molar-refractivity contribution >= 4 is 16.6 Å². The van der Waals surface area contributed by atoms with Crippen LogP contribution in [0, 0.1) is 0 Å². The smallest absolute Gasteiger partial charge is 0.233 e. The van der Waals surface area contributed by atoms with E-state index in [1.54, 1.807) is 31.8 Å². The van der Waals surface area contributed by atoms with Crippen LogP contribution in [0.3, 0.4) is 0 Å². The van der Waals surface area contributed by atoms with Crippen LogP contribution in [0.25, 0.3) is 0 Å². The number of nitrogens with zero attached hydrogens (tertiary/aromatic N) is 3. The first-order valence-corrected chi connectivity index (χ1v) is 7.13. The predicted molar refractivity (Wildman–Crippen MR) is 72.5 cm³/mol. The third-order valence-corrected chi connectivity index (χ3v) is 3.22. The Balaban J connectivity index is 1.99. The highest BCUT2D eigenvalue weighted by molar-refractivity contribution is 7.84. The molecule has 2 aromatic rings. The van der Waals surface area contributed by atoms with Crippen LogP contribution in [0.4, 0.5) is 5.82 Å². The van der Waals surface area contributed by atoms with Crippen molar-refractivity contribution in [3.05, 3.63) is 36.3 Å². The molecule has 0 spiro atoms. The fourth-order valence-corrected chi connectivity index (χ4v) is 1.87. The molecule has 0 amide bonds. The van der Waals surface area contributed by atoms with Crippen LogP contribution in [0.5, 0.6) is 5.88 Å². The Morgan fingerprint density at radius 3 is 2.79 bits per heavy atom. The summed E-state index contributed by atoms with van der Waals surface area (Å²) in [4.78, 5) is 12.3. The lowest BCUT2D eigenvalue weighted by molar-refractivity contribution is 0.396. The second kappa shape index (κ2) is 6.24. The van der Waals surface area contributed by atoms with E-state index in [-0.39, 0.29) is 0 Å². The first-order valence-electron chi connectivity index (χ1n) is 5.57. The molecule has 0 aliphatic rings. The standard InChI is InChI=1S/C12H14N4O2S/c1-18-11-8-13-7-10(16-11)14-5-9-3-4-12(15-6-9)19(2)17/h3-4,6-8H,5H2,1-2H3,(H,14,16). The summed E-state index contributed by atoms with van der Waals surface area (Å²) in [5.41, 5.74) is 0.971. The first-order chi connectivity index (χ1) is 9.19. The molecule has 6 nitrogen and oxygen atoms in total. The summed E-state index contributed by atoms with van der Waals surface area (Å²) in [6.07, 6.45) is 6.45. The van der Waals surface area contributed by atoms with Gasteiger partial charge >= 0.3 is 0 Å². The lowest BCUT2D eigenvalue weighted by Gasteiger charge is -2.06. The van der Waals surface area contributed by atoms with Gasteiger partial charge < -0.3 is 10.1 Å². The maximum absolute atomic E-state index is 11.2. The SMILES string of the molecule is COc1cncc(NCc2ccc(S(C)=O)nc2)n1. The third kappa shape index (κ3) is 3.72. The number of hydrogen-bond donors (Lipinski definition) is 1. The first kappa shape index (κ1) is 13.4. The Morgan fingerprint density at radius 1 is 1.32 bits per heavy atom. The second-order valence-corrected chi connectivity index (χ2v) is 5.09. The molecule has 1 N–H and O–H groups in total. The number of rotatable bonds is 5. The average Bonchev–Trinajstić information content (AvgIpc) is 2.46. The monoisotopic (exact) mass is 278 g/mol. The molecule has 100 valence electrons. The molecule has 0 aliphatic carbocycles. The highest BCUT2D eigenvalue weighted by Gasteiger charge is 2.01. The van der Waals surface area contributed by atoms with Crippen molar-refractivity contribution in [1.82, 2.24) is 15.0 Å². The highest BCUT2D eigenvalue weighted by Crippen LogP contribution is 2.10. The quantitative estimate of drug-likeness (QED) is 0.886. The van der Waals surface area contributed by atoms with Gasteiger partial charge in [0.05, 0.1) is 30.3 Å². The number of ether oxygens (including phenoxy) is 1. The zero-order valence-corrected chi connectivity index (χ0v) is 11.5. The Bertz CT molecular complexity index is 574. The third-order valence-electron chi connectivity index (χ3n) is 2.39. The topological polar surface area (TPSA) is 77.0 Å². The minimum absolute atomic E-state index is 0.458. The number of hydrogen-bond acceptors (Lipinski definition) is 6. The van der Waals surface area contributed by atoms with Gasteiger partial charge in [-0.25, -0.2) is 4.98 Å². The van der Waals surface area contributed by atoms with Crippen LogP contribution in [0.15, 0.2) is 35.7 Å². The van der Waals surface area contributed by atoms with Crippen LogP contribution >= 0.6 is 0 Å². The molecule has 1 unspecified atom stereocenters. The van der Waals surface area contributed by atoms with E-state index in [0.29, 0.717) is 23.3 Å². The number of aromatic nitrogens is 3. The van der Waals surface area contributed by atoms with Gasteiger partial charge in [0.25, 0.3) is 0 Å². The normalized spacial score (nSPS) is 11.9. The summed E-state index contributed by atoms with van der Waals surface area (Å²) < 4.78 is 16.2. The van der Waals surface area contributed by atoms with Crippen molar-refractivity contribution in [3.63, 3.8) is 0 Å². The van der Waals surface area contributed by atoms with Gasteiger partial charge in [0.15, 0.2) is 0 Å². The Kier molecular flexibility index (Phi) is 4.40. The number of nitrogens with one attached hydrogen (secondary N) is 1. The molecule has 0 radical (unpaired) electrons. The molecule has 0 saturated heterocycles. The highest BCUT2D eigenvalue weighted by atomic mass is 32.2. The molecule has 1 atom stereocenters. The van der Waals surface area contributed by atoms with E-state index in [9.17, 15) is 4.21 Å². The zero-order chi connectivity index (χ0) is 13.7. The summed E-state index contributed by atoms with van der Waals surface area (Å²) in [5, 5.41) is 3.69. The molecule has 19 heavy (non-hydrogen) atoms. The summed E-state index contributed by atoms with van der Waals surface area (Å²) in [6.45, 7) is 0.561. The lowest BCUT2D eigenvalue weighted by Crippen LogP contribution is -2.03. The molecule has 0 aliphatic heterocycles. The van der Waals surface area contributed by atoms with Crippen LogP contribution in [0.1, 0.15) is 5.56 Å². The summed E-state index contributed by atoms with van der Waals surface area (Å²) in [6, 6.07) is 3.63. The molecule has 0 bridgehead atoms. The van der Waals surface area contributed by atoms with E-state index >= 15 is 0 Å². The summed E-state index contributed by atoms with van der Waals surface area (Å²) in [5.74, 6) is 1.09. The molecular formula is C12H14N4O2S. The fraction of sp³-hybridized carbons (Fsp3) is 0.250. The van der Waals surface area contributed by atoms with E-state index < -0.39 is 10.8 Å². The van der Waals surface area contributed by atoms with Crippen LogP contribution in [-0.4, -0.2) is 32.5 Å². The Labute approximate surface area is 113 Å². The van der Waals surface area contributed by atoms with Gasteiger partial charge in [-0.05, 0) is 11.6 Å². The molecule has 2 rings (SSSR count). The van der Waals surface area contributed by atoms with E-state index in [2.05, 4.69) is 20.3 Å².